The van der Waals surface area contributed by atoms with E-state index in [2.05, 4.69) is 0 Å². The molecule has 0 N–H and O–H groups in total. The lowest BCUT2D eigenvalue weighted by molar-refractivity contribution is -0.138. The first kappa shape index (κ1) is 32.8. The van der Waals surface area contributed by atoms with E-state index in [1.165, 1.54) is 11.3 Å². The Kier molecular flexibility index (Phi) is 10.1. The van der Waals surface area contributed by atoms with Crippen LogP contribution in [-0.2, 0) is 16.1 Å². The Morgan fingerprint density at radius 3 is 2.38 bits per heavy atom. The van der Waals surface area contributed by atoms with Crippen LogP contribution < -0.4 is 29.1 Å². The third-order valence-electron chi connectivity index (χ3n) is 7.73. The Morgan fingerprint density at radius 2 is 1.67 bits per heavy atom. The number of halogens is 1. The van der Waals surface area contributed by atoms with Crippen LogP contribution in [-0.4, -0.2) is 30.9 Å². The minimum atomic E-state index is -0.811. The summed E-state index contributed by atoms with van der Waals surface area (Å²) >= 11 is 7.63. The molecule has 1 aliphatic heterocycles. The number of ether oxygens (including phenoxy) is 4. The van der Waals surface area contributed by atoms with Crippen molar-refractivity contribution in [1.29, 1.82) is 0 Å². The van der Waals surface area contributed by atoms with Crippen LogP contribution in [0.3, 0.4) is 0 Å². The van der Waals surface area contributed by atoms with Gasteiger partial charge < -0.3 is 18.9 Å². The van der Waals surface area contributed by atoms with Gasteiger partial charge in [-0.3, -0.25) is 9.36 Å². The minimum absolute atomic E-state index is 0.164. The molecule has 0 unspecified atom stereocenters. The topological polar surface area (TPSA) is 88.4 Å². The number of thiazole rings is 1. The summed E-state index contributed by atoms with van der Waals surface area (Å²) in [7, 11) is 1.56. The van der Waals surface area contributed by atoms with Gasteiger partial charge in [0.1, 0.15) is 12.4 Å². The average molecular weight is 681 g/mol. The van der Waals surface area contributed by atoms with E-state index >= 15 is 0 Å². The van der Waals surface area contributed by atoms with E-state index in [0.717, 1.165) is 11.1 Å². The number of esters is 1. The van der Waals surface area contributed by atoms with Gasteiger partial charge in [0.05, 0.1) is 42.2 Å². The third kappa shape index (κ3) is 6.65. The molecule has 0 fully saturated rings. The van der Waals surface area contributed by atoms with E-state index in [0.29, 0.717) is 55.0 Å². The van der Waals surface area contributed by atoms with Crippen molar-refractivity contribution in [3.05, 3.63) is 150 Å². The van der Waals surface area contributed by atoms with Gasteiger partial charge >= 0.3 is 5.97 Å². The van der Waals surface area contributed by atoms with Crippen LogP contribution >= 0.6 is 22.9 Å². The highest BCUT2D eigenvalue weighted by Gasteiger charge is 2.35. The quantitative estimate of drug-likeness (QED) is 0.147. The lowest BCUT2D eigenvalue weighted by atomic mass is 9.93. The summed E-state index contributed by atoms with van der Waals surface area (Å²) in [5.41, 5.74) is 3.30. The number of nitrogens with zero attached hydrogens (tertiary/aromatic N) is 2. The molecule has 4 aromatic carbocycles. The highest BCUT2D eigenvalue weighted by atomic mass is 35.5. The number of rotatable bonds is 11. The van der Waals surface area contributed by atoms with Gasteiger partial charge in [0.2, 0.25) is 0 Å². The Morgan fingerprint density at radius 1 is 0.917 bits per heavy atom. The van der Waals surface area contributed by atoms with Gasteiger partial charge in [0.25, 0.3) is 5.56 Å². The van der Waals surface area contributed by atoms with Crippen molar-refractivity contribution in [2.75, 3.05) is 20.3 Å². The molecule has 8 nitrogen and oxygen atoms in total. The number of methoxy groups -OCH3 is 1. The number of hydrogen-bond donors (Lipinski definition) is 0. The molecule has 0 spiro atoms. The molecule has 1 aromatic heterocycles. The van der Waals surface area contributed by atoms with E-state index in [1.54, 1.807) is 36.8 Å². The molecular weight excluding hydrogens is 648 g/mol. The molecular formula is C38H33ClN2O6S. The highest BCUT2D eigenvalue weighted by Crippen LogP contribution is 2.36. The number of aromatic nitrogens is 1. The van der Waals surface area contributed by atoms with Gasteiger partial charge in [-0.15, -0.1) is 0 Å². The Hall–Kier alpha value is -5.12. The van der Waals surface area contributed by atoms with Crippen molar-refractivity contribution >= 4 is 40.7 Å². The number of para-hydroxylation sites is 1. The van der Waals surface area contributed by atoms with Crippen LogP contribution in [0.4, 0.5) is 0 Å². The number of benzene rings is 4. The highest BCUT2D eigenvalue weighted by molar-refractivity contribution is 7.07. The summed E-state index contributed by atoms with van der Waals surface area (Å²) < 4.78 is 25.1. The molecule has 2 heterocycles. The molecule has 0 saturated carbocycles. The fourth-order valence-corrected chi connectivity index (χ4v) is 6.72. The Bertz CT molecular complexity index is 2160. The number of carbonyl (C=O) groups excluding carboxylic acids is 1. The summed E-state index contributed by atoms with van der Waals surface area (Å²) in [6.45, 7) is 4.53. The van der Waals surface area contributed by atoms with Crippen LogP contribution in [0.2, 0.25) is 5.02 Å². The van der Waals surface area contributed by atoms with E-state index in [4.69, 9.17) is 35.5 Å². The van der Waals surface area contributed by atoms with Crippen molar-refractivity contribution < 1.29 is 23.7 Å². The normalized spacial score (nSPS) is 14.2. The van der Waals surface area contributed by atoms with Gasteiger partial charge in [-0.25, -0.2) is 9.79 Å². The van der Waals surface area contributed by atoms with Crippen molar-refractivity contribution in [3.8, 4) is 17.2 Å². The fourth-order valence-electron chi connectivity index (χ4n) is 5.54. The zero-order chi connectivity index (χ0) is 33.6. The minimum Gasteiger partial charge on any atom is -0.494 e. The number of carbonyl (C=O) groups is 1. The second kappa shape index (κ2) is 14.8. The molecule has 5 aromatic rings. The lowest BCUT2D eigenvalue weighted by Crippen LogP contribution is -2.40. The van der Waals surface area contributed by atoms with E-state index in [1.807, 2.05) is 91.9 Å². The molecule has 244 valence electrons. The first-order chi connectivity index (χ1) is 23.4. The van der Waals surface area contributed by atoms with Crippen LogP contribution in [0.1, 0.15) is 42.1 Å². The van der Waals surface area contributed by atoms with E-state index in [9.17, 15) is 9.59 Å². The van der Waals surface area contributed by atoms with E-state index in [-0.39, 0.29) is 24.3 Å². The van der Waals surface area contributed by atoms with Crippen LogP contribution in [0.5, 0.6) is 17.2 Å². The monoisotopic (exact) mass is 680 g/mol. The summed E-state index contributed by atoms with van der Waals surface area (Å²) in [4.78, 5) is 33.6. The van der Waals surface area contributed by atoms with Gasteiger partial charge in [-0.1, -0.05) is 95.7 Å². The molecule has 0 aliphatic carbocycles. The Labute approximate surface area is 286 Å². The summed E-state index contributed by atoms with van der Waals surface area (Å²) in [5, 5.41) is 0.586. The molecule has 0 bridgehead atoms. The van der Waals surface area contributed by atoms with Crippen LogP contribution in [0, 0.1) is 0 Å². The number of hydrogen-bond acceptors (Lipinski definition) is 8. The zero-order valence-corrected chi connectivity index (χ0v) is 28.2. The Balaban J connectivity index is 1.55. The molecule has 0 amide bonds. The van der Waals surface area contributed by atoms with Gasteiger partial charge in [-0.2, -0.15) is 0 Å². The molecule has 6 rings (SSSR count). The molecule has 0 radical (unpaired) electrons. The second-order valence-electron chi connectivity index (χ2n) is 10.7. The zero-order valence-electron chi connectivity index (χ0n) is 26.6. The maximum atomic E-state index is 14.4. The molecule has 10 heteroatoms. The maximum Gasteiger partial charge on any atom is 0.338 e. The largest absolute Gasteiger partial charge is 0.494 e. The summed E-state index contributed by atoms with van der Waals surface area (Å²) in [6.07, 6.45) is 1.76. The van der Waals surface area contributed by atoms with Crippen molar-refractivity contribution in [1.82, 2.24) is 4.57 Å². The maximum absolute atomic E-state index is 14.4. The first-order valence-electron chi connectivity index (χ1n) is 15.5. The standard InChI is InChI=1S/C38H33ClN2O6S/c1-4-45-28-20-18-25(19-21-28)34-32(37(43)46-5-2)33(24-12-7-6-8-13-24)40-38-41(34)36(42)31(48-38)22-26-15-11-17-30(44-3)35(26)47-23-27-14-9-10-16-29(27)39/h6-22,34H,4-5,23H2,1-3H3/b31-22-/t34-/m1/s1. The van der Waals surface area contributed by atoms with E-state index < -0.39 is 12.0 Å². The summed E-state index contributed by atoms with van der Waals surface area (Å²) in [6, 6.07) is 29.0. The van der Waals surface area contributed by atoms with Gasteiger partial charge in [0.15, 0.2) is 16.3 Å². The predicted octanol–water partition coefficient (Wildman–Crippen LogP) is 6.58. The fraction of sp³-hybridized carbons (Fsp3) is 0.184. The SMILES string of the molecule is CCOC(=O)C1=C(c2ccccc2)N=c2s/c(=C\c3cccc(OC)c3OCc3ccccc3Cl)c(=O)n2[C@@H]1c1ccc(OCC)cc1. The average Bonchev–Trinajstić information content (AvgIpc) is 3.42. The van der Waals surface area contributed by atoms with Crippen LogP contribution in [0.25, 0.3) is 11.8 Å². The third-order valence-corrected chi connectivity index (χ3v) is 9.08. The lowest BCUT2D eigenvalue weighted by Gasteiger charge is -2.26. The van der Waals surface area contributed by atoms with Crippen molar-refractivity contribution in [2.45, 2.75) is 26.5 Å². The second-order valence-corrected chi connectivity index (χ2v) is 12.1. The smallest absolute Gasteiger partial charge is 0.338 e. The summed E-state index contributed by atoms with van der Waals surface area (Å²) in [5.74, 6) is 1.11. The van der Waals surface area contributed by atoms with Crippen molar-refractivity contribution in [3.63, 3.8) is 0 Å². The van der Waals surface area contributed by atoms with Gasteiger partial charge in [0, 0.05) is 21.7 Å². The first-order valence-corrected chi connectivity index (χ1v) is 16.7. The molecule has 48 heavy (non-hydrogen) atoms. The number of fused-ring (bicyclic) bond motifs is 1. The van der Waals surface area contributed by atoms with Crippen LogP contribution in [0.15, 0.2) is 112 Å². The molecule has 1 atom stereocenters. The predicted molar refractivity (Wildman–Crippen MR) is 187 cm³/mol. The molecule has 0 saturated heterocycles. The van der Waals surface area contributed by atoms with Crippen molar-refractivity contribution in [2.24, 2.45) is 4.99 Å². The van der Waals surface area contributed by atoms with Gasteiger partial charge in [-0.05, 0) is 49.8 Å². The molecule has 1 aliphatic rings.